The standard InChI is InChI=1S/C27H28N2O5/c1-18(8-9-19-6-4-3-5-7-19)34-25-15-22(12-13-24(25)33-2)29-17-20-10-11-21(28-16-26(30)31)14-23(20)27(29)32/h3-7,10-15,18,28H,8-9,16-17H2,1-2H3,(H,30,31). The summed E-state index contributed by atoms with van der Waals surface area (Å²) in [6.07, 6.45) is 1.71. The molecule has 1 unspecified atom stereocenters. The van der Waals surface area contributed by atoms with E-state index in [1.54, 1.807) is 24.1 Å². The van der Waals surface area contributed by atoms with Crippen molar-refractivity contribution in [2.24, 2.45) is 0 Å². The third kappa shape index (κ3) is 5.31. The van der Waals surface area contributed by atoms with Gasteiger partial charge in [-0.15, -0.1) is 0 Å². The highest BCUT2D eigenvalue weighted by molar-refractivity contribution is 6.10. The summed E-state index contributed by atoms with van der Waals surface area (Å²) in [4.78, 5) is 25.7. The molecule has 0 spiro atoms. The first kappa shape index (κ1) is 23.2. The topological polar surface area (TPSA) is 88.1 Å². The Kier molecular flexibility index (Phi) is 7.01. The van der Waals surface area contributed by atoms with E-state index in [0.717, 1.165) is 18.4 Å². The molecule has 1 aliphatic rings. The largest absolute Gasteiger partial charge is 0.493 e. The lowest BCUT2D eigenvalue weighted by molar-refractivity contribution is -0.134. The van der Waals surface area contributed by atoms with Crippen molar-refractivity contribution in [3.05, 3.63) is 83.4 Å². The van der Waals surface area contributed by atoms with Crippen LogP contribution >= 0.6 is 0 Å². The minimum absolute atomic E-state index is 0.0429. The molecule has 1 heterocycles. The number of methoxy groups -OCH3 is 1. The van der Waals surface area contributed by atoms with Crippen LogP contribution in [0.3, 0.4) is 0 Å². The molecular weight excluding hydrogens is 432 g/mol. The van der Waals surface area contributed by atoms with Crippen LogP contribution in [0.4, 0.5) is 11.4 Å². The second kappa shape index (κ2) is 10.3. The summed E-state index contributed by atoms with van der Waals surface area (Å²) >= 11 is 0. The van der Waals surface area contributed by atoms with Gasteiger partial charge in [-0.1, -0.05) is 36.4 Å². The minimum atomic E-state index is -0.961. The molecule has 0 saturated heterocycles. The van der Waals surface area contributed by atoms with E-state index in [1.165, 1.54) is 5.56 Å². The molecule has 1 aliphatic heterocycles. The van der Waals surface area contributed by atoms with Gasteiger partial charge in [-0.25, -0.2) is 0 Å². The molecule has 176 valence electrons. The third-order valence-electron chi connectivity index (χ3n) is 5.83. The summed E-state index contributed by atoms with van der Waals surface area (Å²) in [7, 11) is 1.60. The summed E-state index contributed by atoms with van der Waals surface area (Å²) in [5.74, 6) is 0.104. The number of aliphatic carboxylic acids is 1. The summed E-state index contributed by atoms with van der Waals surface area (Å²) in [6.45, 7) is 2.25. The van der Waals surface area contributed by atoms with Gasteiger partial charge in [0.1, 0.15) is 6.54 Å². The van der Waals surface area contributed by atoms with Crippen LogP contribution in [0.1, 0.15) is 34.8 Å². The molecule has 4 rings (SSSR count). The van der Waals surface area contributed by atoms with Crippen LogP contribution in [-0.2, 0) is 17.8 Å². The first-order chi connectivity index (χ1) is 16.4. The predicted octanol–water partition coefficient (Wildman–Crippen LogP) is 4.75. The van der Waals surface area contributed by atoms with Crippen molar-refractivity contribution in [2.45, 2.75) is 32.4 Å². The van der Waals surface area contributed by atoms with Crippen LogP contribution < -0.4 is 19.7 Å². The molecular formula is C27H28N2O5. The summed E-state index contributed by atoms with van der Waals surface area (Å²) in [5, 5.41) is 11.7. The number of hydrogen-bond donors (Lipinski definition) is 2. The Hall–Kier alpha value is -4.00. The fraction of sp³-hybridized carbons (Fsp3) is 0.259. The monoisotopic (exact) mass is 460 g/mol. The lowest BCUT2D eigenvalue weighted by Crippen LogP contribution is -2.23. The number of carboxylic acid groups (broad SMARTS) is 1. The number of rotatable bonds is 10. The number of hydrogen-bond acceptors (Lipinski definition) is 5. The van der Waals surface area contributed by atoms with Crippen LogP contribution in [0.15, 0.2) is 66.7 Å². The van der Waals surface area contributed by atoms with Crippen molar-refractivity contribution in [1.82, 2.24) is 0 Å². The molecule has 1 amide bonds. The van der Waals surface area contributed by atoms with Crippen molar-refractivity contribution in [2.75, 3.05) is 23.9 Å². The van der Waals surface area contributed by atoms with Gasteiger partial charge in [-0.05, 0) is 55.2 Å². The number of nitrogens with zero attached hydrogens (tertiary/aromatic N) is 1. The second-order valence-corrected chi connectivity index (χ2v) is 8.30. The normalized spacial score (nSPS) is 13.4. The molecule has 0 aliphatic carbocycles. The molecule has 3 aromatic carbocycles. The lowest BCUT2D eigenvalue weighted by Gasteiger charge is -2.21. The molecule has 3 aromatic rings. The van der Waals surface area contributed by atoms with E-state index in [1.807, 2.05) is 49.4 Å². The predicted molar refractivity (Wildman–Crippen MR) is 131 cm³/mol. The number of benzene rings is 3. The van der Waals surface area contributed by atoms with E-state index in [9.17, 15) is 9.59 Å². The van der Waals surface area contributed by atoms with Gasteiger partial charge in [0.25, 0.3) is 5.91 Å². The Morgan fingerprint density at radius 3 is 2.62 bits per heavy atom. The zero-order valence-electron chi connectivity index (χ0n) is 19.3. The van der Waals surface area contributed by atoms with Gasteiger partial charge in [0.2, 0.25) is 0 Å². The zero-order valence-corrected chi connectivity index (χ0v) is 19.3. The zero-order chi connectivity index (χ0) is 24.1. The quantitative estimate of drug-likeness (QED) is 0.454. The van der Waals surface area contributed by atoms with Crippen LogP contribution in [0.25, 0.3) is 0 Å². The number of carbonyl (C=O) groups is 2. The molecule has 7 heteroatoms. The highest BCUT2D eigenvalue weighted by atomic mass is 16.5. The van der Waals surface area contributed by atoms with Crippen LogP contribution in [0.5, 0.6) is 11.5 Å². The number of amides is 1. The number of aryl methyl sites for hydroxylation is 1. The summed E-state index contributed by atoms with van der Waals surface area (Å²) < 4.78 is 11.7. The molecule has 1 atom stereocenters. The fourth-order valence-electron chi connectivity index (χ4n) is 4.01. The third-order valence-corrected chi connectivity index (χ3v) is 5.83. The van der Waals surface area contributed by atoms with E-state index in [-0.39, 0.29) is 18.6 Å². The number of carboxylic acids is 1. The van der Waals surface area contributed by atoms with Gasteiger partial charge in [-0.2, -0.15) is 0 Å². The molecule has 34 heavy (non-hydrogen) atoms. The van der Waals surface area contributed by atoms with Crippen molar-refractivity contribution in [3.63, 3.8) is 0 Å². The van der Waals surface area contributed by atoms with E-state index in [2.05, 4.69) is 17.4 Å². The molecule has 7 nitrogen and oxygen atoms in total. The Morgan fingerprint density at radius 2 is 1.88 bits per heavy atom. The van der Waals surface area contributed by atoms with Crippen molar-refractivity contribution >= 4 is 23.3 Å². The Morgan fingerprint density at radius 1 is 1.09 bits per heavy atom. The first-order valence-corrected chi connectivity index (χ1v) is 11.2. The molecule has 0 bridgehead atoms. The van der Waals surface area contributed by atoms with E-state index in [4.69, 9.17) is 14.6 Å². The Balaban J connectivity index is 1.48. The molecule has 0 radical (unpaired) electrons. The maximum absolute atomic E-state index is 13.1. The SMILES string of the molecule is COc1ccc(N2Cc3ccc(NCC(=O)O)cc3C2=O)cc1OC(C)CCc1ccccc1. The number of carbonyl (C=O) groups excluding carboxylic acids is 1. The summed E-state index contributed by atoms with van der Waals surface area (Å²) in [6, 6.07) is 21.1. The maximum atomic E-state index is 13.1. The highest BCUT2D eigenvalue weighted by Gasteiger charge is 2.29. The molecule has 0 aromatic heterocycles. The fourth-order valence-corrected chi connectivity index (χ4v) is 4.01. The molecule has 2 N–H and O–H groups in total. The van der Waals surface area contributed by atoms with Gasteiger partial charge < -0.3 is 24.8 Å². The van der Waals surface area contributed by atoms with Gasteiger partial charge in [-0.3, -0.25) is 9.59 Å². The van der Waals surface area contributed by atoms with Gasteiger partial charge in [0, 0.05) is 23.0 Å². The maximum Gasteiger partial charge on any atom is 0.322 e. The first-order valence-electron chi connectivity index (χ1n) is 11.2. The highest BCUT2D eigenvalue weighted by Crippen LogP contribution is 2.36. The van der Waals surface area contributed by atoms with Gasteiger partial charge in [0.15, 0.2) is 11.5 Å². The van der Waals surface area contributed by atoms with Gasteiger partial charge in [0.05, 0.1) is 19.8 Å². The van der Waals surface area contributed by atoms with Crippen LogP contribution in [0, 0.1) is 0 Å². The average Bonchev–Trinajstić information content (AvgIpc) is 3.18. The van der Waals surface area contributed by atoms with Gasteiger partial charge >= 0.3 is 5.97 Å². The van der Waals surface area contributed by atoms with E-state index < -0.39 is 5.97 Å². The smallest absolute Gasteiger partial charge is 0.322 e. The Labute approximate surface area is 198 Å². The van der Waals surface area contributed by atoms with Crippen LogP contribution in [0.2, 0.25) is 0 Å². The van der Waals surface area contributed by atoms with E-state index in [0.29, 0.717) is 35.0 Å². The van der Waals surface area contributed by atoms with Crippen molar-refractivity contribution in [1.29, 1.82) is 0 Å². The molecule has 0 fully saturated rings. The minimum Gasteiger partial charge on any atom is -0.493 e. The summed E-state index contributed by atoms with van der Waals surface area (Å²) in [5.41, 5.74) is 4.02. The van der Waals surface area contributed by atoms with Crippen LogP contribution in [-0.4, -0.2) is 36.7 Å². The number of ether oxygens (including phenoxy) is 2. The number of nitrogens with one attached hydrogen (secondary N) is 1. The number of anilines is 2. The van der Waals surface area contributed by atoms with E-state index >= 15 is 0 Å². The van der Waals surface area contributed by atoms with Crippen molar-refractivity contribution in [3.8, 4) is 11.5 Å². The second-order valence-electron chi connectivity index (χ2n) is 8.30. The number of fused-ring (bicyclic) bond motifs is 1. The molecule has 0 saturated carbocycles. The lowest BCUT2D eigenvalue weighted by atomic mass is 10.1. The van der Waals surface area contributed by atoms with Crippen molar-refractivity contribution < 1.29 is 24.2 Å². The average molecular weight is 461 g/mol. The Bertz CT molecular complexity index is 1180.